The van der Waals surface area contributed by atoms with Crippen LogP contribution in [0.5, 0.6) is 0 Å². The van der Waals surface area contributed by atoms with Gasteiger partial charge in [-0.15, -0.1) is 0 Å². The first-order valence-corrected chi connectivity index (χ1v) is 7.94. The van der Waals surface area contributed by atoms with Crippen LogP contribution in [0.4, 0.5) is 21.9 Å². The smallest absolute Gasteiger partial charge is 0.412 e. The van der Waals surface area contributed by atoms with E-state index in [1.165, 1.54) is 4.90 Å². The molecule has 0 aromatic heterocycles. The molecule has 2 aromatic carbocycles. The molecule has 25 heavy (non-hydrogen) atoms. The van der Waals surface area contributed by atoms with Crippen LogP contribution in [0.2, 0.25) is 0 Å². The molecule has 0 heterocycles. The van der Waals surface area contributed by atoms with Crippen molar-refractivity contribution < 1.29 is 14.7 Å². The van der Waals surface area contributed by atoms with E-state index in [0.29, 0.717) is 17.1 Å². The van der Waals surface area contributed by atoms with Crippen LogP contribution < -0.4 is 16.0 Å². The van der Waals surface area contributed by atoms with Gasteiger partial charge in [0.25, 0.3) is 0 Å². The summed E-state index contributed by atoms with van der Waals surface area (Å²) in [6.45, 7) is 5.44. The number of carboxylic acid groups (broad SMARTS) is 1. The highest BCUT2D eigenvalue weighted by atomic mass is 16.4. The lowest BCUT2D eigenvalue weighted by Gasteiger charge is -2.33. The Kier molecular flexibility index (Phi) is 5.32. The van der Waals surface area contributed by atoms with Crippen molar-refractivity contribution in [3.05, 3.63) is 54.1 Å². The first kappa shape index (κ1) is 18.3. The molecule has 0 spiro atoms. The van der Waals surface area contributed by atoms with Gasteiger partial charge in [-0.2, -0.15) is 0 Å². The Hall–Kier alpha value is -3.02. The van der Waals surface area contributed by atoms with Crippen LogP contribution in [0.25, 0.3) is 0 Å². The first-order valence-electron chi connectivity index (χ1n) is 7.94. The summed E-state index contributed by atoms with van der Waals surface area (Å²) < 4.78 is 0. The number of benzene rings is 2. The Morgan fingerprint density at radius 1 is 1.12 bits per heavy atom. The Bertz CT molecular complexity index is 781. The van der Waals surface area contributed by atoms with E-state index in [-0.39, 0.29) is 12.3 Å². The number of hydrogen-bond donors (Lipinski definition) is 3. The normalized spacial score (nSPS) is 11.0. The lowest BCUT2D eigenvalue weighted by Crippen LogP contribution is -2.45. The standard InChI is InChI=1S/C19H23N3O3/c1-19(2,3)22(18(24)25)16-9-5-8-15(12-16)21-17(23)11-13-6-4-7-14(20)10-13/h4-10,12H,11,20H2,1-3H3,(H,21,23)(H,24,25). The molecular formula is C19H23N3O3. The third-order valence-electron chi connectivity index (χ3n) is 3.57. The van der Waals surface area contributed by atoms with Crippen molar-refractivity contribution in [1.82, 2.24) is 0 Å². The van der Waals surface area contributed by atoms with E-state index in [0.717, 1.165) is 5.56 Å². The zero-order valence-corrected chi connectivity index (χ0v) is 14.6. The van der Waals surface area contributed by atoms with Gasteiger partial charge in [-0.25, -0.2) is 4.79 Å². The van der Waals surface area contributed by atoms with Gasteiger partial charge in [-0.05, 0) is 56.7 Å². The average molecular weight is 341 g/mol. The summed E-state index contributed by atoms with van der Waals surface area (Å²) in [7, 11) is 0. The third-order valence-corrected chi connectivity index (χ3v) is 3.57. The molecule has 0 saturated heterocycles. The number of nitrogen functional groups attached to an aromatic ring is 1. The minimum atomic E-state index is -1.05. The highest BCUT2D eigenvalue weighted by molar-refractivity contribution is 5.94. The summed E-state index contributed by atoms with van der Waals surface area (Å²) in [6, 6.07) is 13.9. The van der Waals surface area contributed by atoms with Crippen molar-refractivity contribution in [3.63, 3.8) is 0 Å². The average Bonchev–Trinajstić information content (AvgIpc) is 2.45. The van der Waals surface area contributed by atoms with E-state index in [9.17, 15) is 14.7 Å². The van der Waals surface area contributed by atoms with Crippen LogP contribution in [-0.4, -0.2) is 22.6 Å². The minimum Gasteiger partial charge on any atom is -0.465 e. The predicted molar refractivity (Wildman–Crippen MR) is 99.9 cm³/mol. The molecule has 2 rings (SSSR count). The number of nitrogens with two attached hydrogens (primary N) is 1. The van der Waals surface area contributed by atoms with Crippen LogP contribution in [-0.2, 0) is 11.2 Å². The fraction of sp³-hybridized carbons (Fsp3) is 0.263. The molecule has 0 saturated carbocycles. The summed E-state index contributed by atoms with van der Waals surface area (Å²) >= 11 is 0. The molecule has 0 atom stereocenters. The molecule has 6 heteroatoms. The molecule has 132 valence electrons. The summed E-state index contributed by atoms with van der Waals surface area (Å²) in [5.41, 5.74) is 7.58. The van der Waals surface area contributed by atoms with E-state index >= 15 is 0 Å². The van der Waals surface area contributed by atoms with Gasteiger partial charge in [0.1, 0.15) is 0 Å². The SMILES string of the molecule is CC(C)(C)N(C(=O)O)c1cccc(NC(=O)Cc2cccc(N)c2)c1. The van der Waals surface area contributed by atoms with Gasteiger partial charge in [0.15, 0.2) is 0 Å². The van der Waals surface area contributed by atoms with E-state index in [1.807, 2.05) is 26.8 Å². The van der Waals surface area contributed by atoms with Crippen molar-refractivity contribution in [2.24, 2.45) is 0 Å². The van der Waals surface area contributed by atoms with E-state index < -0.39 is 11.6 Å². The maximum absolute atomic E-state index is 12.2. The molecular weight excluding hydrogens is 318 g/mol. The topological polar surface area (TPSA) is 95.7 Å². The predicted octanol–water partition coefficient (Wildman–Crippen LogP) is 3.73. The van der Waals surface area contributed by atoms with Crippen LogP contribution in [0, 0.1) is 0 Å². The van der Waals surface area contributed by atoms with Crippen molar-refractivity contribution >= 4 is 29.1 Å². The number of carbonyl (C=O) groups excluding carboxylic acids is 1. The fourth-order valence-corrected chi connectivity index (χ4v) is 2.60. The fourth-order valence-electron chi connectivity index (χ4n) is 2.60. The number of nitrogens with one attached hydrogen (secondary N) is 1. The molecule has 4 N–H and O–H groups in total. The quantitative estimate of drug-likeness (QED) is 0.738. The number of amides is 2. The molecule has 6 nitrogen and oxygen atoms in total. The number of rotatable bonds is 4. The van der Waals surface area contributed by atoms with Crippen LogP contribution in [0.3, 0.4) is 0 Å². The molecule has 0 radical (unpaired) electrons. The second-order valence-corrected chi connectivity index (χ2v) is 6.81. The molecule has 0 aliphatic carbocycles. The number of hydrogen-bond acceptors (Lipinski definition) is 3. The third kappa shape index (κ3) is 4.97. The van der Waals surface area contributed by atoms with Gasteiger partial charge < -0.3 is 16.2 Å². The monoisotopic (exact) mass is 341 g/mol. The Balaban J connectivity index is 2.15. The van der Waals surface area contributed by atoms with Crippen molar-refractivity contribution in [1.29, 1.82) is 0 Å². The number of nitrogens with zero attached hydrogens (tertiary/aromatic N) is 1. The summed E-state index contributed by atoms with van der Waals surface area (Å²) in [5, 5.41) is 12.3. The van der Waals surface area contributed by atoms with Gasteiger partial charge in [-0.1, -0.05) is 18.2 Å². The van der Waals surface area contributed by atoms with Gasteiger partial charge in [0.2, 0.25) is 5.91 Å². The van der Waals surface area contributed by atoms with Crippen LogP contribution >= 0.6 is 0 Å². The van der Waals surface area contributed by atoms with Crippen molar-refractivity contribution in [2.45, 2.75) is 32.7 Å². The second kappa shape index (κ2) is 7.25. The van der Waals surface area contributed by atoms with Crippen LogP contribution in [0.1, 0.15) is 26.3 Å². The van der Waals surface area contributed by atoms with Crippen molar-refractivity contribution in [2.75, 3.05) is 16.0 Å². The minimum absolute atomic E-state index is 0.192. The maximum Gasteiger partial charge on any atom is 0.412 e. The highest BCUT2D eigenvalue weighted by Crippen LogP contribution is 2.26. The maximum atomic E-state index is 12.2. The lowest BCUT2D eigenvalue weighted by atomic mass is 10.1. The van der Waals surface area contributed by atoms with Gasteiger partial charge in [-0.3, -0.25) is 9.69 Å². The summed E-state index contributed by atoms with van der Waals surface area (Å²) in [6.07, 6.45) is -0.854. The molecule has 0 fully saturated rings. The van der Waals surface area contributed by atoms with Gasteiger partial charge in [0, 0.05) is 22.6 Å². The van der Waals surface area contributed by atoms with Gasteiger partial charge in [0.05, 0.1) is 6.42 Å². The molecule has 0 bridgehead atoms. The molecule has 0 aliphatic rings. The van der Waals surface area contributed by atoms with Crippen LogP contribution in [0.15, 0.2) is 48.5 Å². The first-order chi connectivity index (χ1) is 11.7. The van der Waals surface area contributed by atoms with E-state index in [2.05, 4.69) is 5.32 Å². The Morgan fingerprint density at radius 3 is 2.40 bits per heavy atom. The number of anilines is 3. The molecule has 0 aliphatic heterocycles. The Morgan fingerprint density at radius 2 is 1.80 bits per heavy atom. The van der Waals surface area contributed by atoms with E-state index in [1.54, 1.807) is 42.5 Å². The largest absolute Gasteiger partial charge is 0.465 e. The Labute approximate surface area is 147 Å². The lowest BCUT2D eigenvalue weighted by molar-refractivity contribution is -0.115. The van der Waals surface area contributed by atoms with Crippen molar-refractivity contribution in [3.8, 4) is 0 Å². The zero-order chi connectivity index (χ0) is 18.6. The van der Waals surface area contributed by atoms with E-state index in [4.69, 9.17) is 5.73 Å². The summed E-state index contributed by atoms with van der Waals surface area (Å²) in [5.74, 6) is -0.194. The number of carbonyl (C=O) groups is 2. The molecule has 2 aromatic rings. The van der Waals surface area contributed by atoms with Gasteiger partial charge >= 0.3 is 6.09 Å². The highest BCUT2D eigenvalue weighted by Gasteiger charge is 2.27. The molecule has 0 unspecified atom stereocenters. The zero-order valence-electron chi connectivity index (χ0n) is 14.6. The second-order valence-electron chi connectivity index (χ2n) is 6.81. The molecule has 2 amide bonds. The summed E-state index contributed by atoms with van der Waals surface area (Å²) in [4.78, 5) is 25.1.